The molecular formula is C12H13F2N3O3S. The number of halogens is 2. The maximum Gasteiger partial charge on any atom is 0.387 e. The average molecular weight is 317 g/mol. The van der Waals surface area contributed by atoms with Crippen molar-refractivity contribution in [1.82, 2.24) is 10.2 Å². The van der Waals surface area contributed by atoms with E-state index < -0.39 is 16.6 Å². The van der Waals surface area contributed by atoms with E-state index in [0.29, 0.717) is 11.4 Å². The lowest BCUT2D eigenvalue weighted by Crippen LogP contribution is -2.14. The van der Waals surface area contributed by atoms with Crippen LogP contribution in [0.25, 0.3) is 0 Å². The molecule has 0 saturated heterocycles. The van der Waals surface area contributed by atoms with E-state index in [1.165, 1.54) is 24.3 Å². The van der Waals surface area contributed by atoms with Gasteiger partial charge in [-0.05, 0) is 26.0 Å². The molecule has 9 heteroatoms. The number of hydrogen-bond acceptors (Lipinski definition) is 4. The Bertz CT molecular complexity index is 724. The van der Waals surface area contributed by atoms with Crippen molar-refractivity contribution in [3.05, 3.63) is 35.7 Å². The van der Waals surface area contributed by atoms with Crippen LogP contribution in [0.1, 0.15) is 11.4 Å². The van der Waals surface area contributed by atoms with Gasteiger partial charge in [0.1, 0.15) is 10.6 Å². The van der Waals surface area contributed by atoms with Gasteiger partial charge in [-0.15, -0.1) is 0 Å². The first-order valence-corrected chi connectivity index (χ1v) is 7.37. The van der Waals surface area contributed by atoms with Gasteiger partial charge in [-0.3, -0.25) is 9.82 Å². The fourth-order valence-electron chi connectivity index (χ4n) is 1.88. The van der Waals surface area contributed by atoms with Crippen molar-refractivity contribution in [1.29, 1.82) is 0 Å². The van der Waals surface area contributed by atoms with E-state index in [1.807, 2.05) is 0 Å². The summed E-state index contributed by atoms with van der Waals surface area (Å²) in [5.41, 5.74) is 0.827. The number of aromatic nitrogens is 2. The molecule has 0 aliphatic heterocycles. The molecule has 0 aliphatic rings. The molecule has 2 aromatic rings. The fourth-order valence-corrected chi connectivity index (χ4v) is 3.30. The zero-order valence-corrected chi connectivity index (χ0v) is 12.0. The van der Waals surface area contributed by atoms with E-state index in [1.54, 1.807) is 13.8 Å². The van der Waals surface area contributed by atoms with Gasteiger partial charge in [0.25, 0.3) is 10.0 Å². The molecule has 0 spiro atoms. The zero-order valence-electron chi connectivity index (χ0n) is 11.2. The zero-order chi connectivity index (χ0) is 15.6. The third kappa shape index (κ3) is 3.48. The number of rotatable bonds is 5. The molecule has 21 heavy (non-hydrogen) atoms. The Labute approximate surface area is 120 Å². The molecule has 6 nitrogen and oxygen atoms in total. The van der Waals surface area contributed by atoms with Crippen LogP contribution >= 0.6 is 0 Å². The monoisotopic (exact) mass is 317 g/mol. The maximum absolute atomic E-state index is 12.3. The number of ether oxygens (including phenoxy) is 1. The molecule has 0 amide bonds. The summed E-state index contributed by atoms with van der Waals surface area (Å²) in [5.74, 6) is -0.133. The number of H-pyrrole nitrogens is 1. The van der Waals surface area contributed by atoms with E-state index in [9.17, 15) is 17.2 Å². The van der Waals surface area contributed by atoms with Gasteiger partial charge in [0, 0.05) is 6.07 Å². The Balaban J connectivity index is 2.29. The Morgan fingerprint density at radius 2 is 2.05 bits per heavy atom. The predicted octanol–water partition coefficient (Wildman–Crippen LogP) is 2.43. The molecule has 114 valence electrons. The summed E-state index contributed by atoms with van der Waals surface area (Å²) in [5, 5.41) is 6.39. The second kappa shape index (κ2) is 5.68. The first kappa shape index (κ1) is 15.2. The van der Waals surface area contributed by atoms with Crippen molar-refractivity contribution < 1.29 is 21.9 Å². The van der Waals surface area contributed by atoms with Gasteiger partial charge >= 0.3 is 6.61 Å². The second-order valence-electron chi connectivity index (χ2n) is 4.27. The smallest absolute Gasteiger partial charge is 0.387 e. The third-order valence-corrected chi connectivity index (χ3v) is 4.28. The van der Waals surface area contributed by atoms with Crippen LogP contribution in [-0.2, 0) is 10.0 Å². The SMILES string of the molecule is Cc1n[nH]c(C)c1S(=O)(=O)Nc1cccc(OC(F)F)c1. The Kier molecular flexibility index (Phi) is 4.12. The molecule has 1 aromatic carbocycles. The molecule has 0 atom stereocenters. The van der Waals surface area contributed by atoms with Crippen LogP contribution in [0, 0.1) is 13.8 Å². The minimum Gasteiger partial charge on any atom is -0.435 e. The van der Waals surface area contributed by atoms with E-state index in [2.05, 4.69) is 19.7 Å². The average Bonchev–Trinajstić information content (AvgIpc) is 2.68. The number of nitrogens with one attached hydrogen (secondary N) is 2. The van der Waals surface area contributed by atoms with Crippen LogP contribution in [-0.4, -0.2) is 25.2 Å². The van der Waals surface area contributed by atoms with Crippen LogP contribution in [0.15, 0.2) is 29.2 Å². The molecular weight excluding hydrogens is 304 g/mol. The lowest BCUT2D eigenvalue weighted by atomic mass is 10.3. The van der Waals surface area contributed by atoms with Gasteiger partial charge in [0.2, 0.25) is 0 Å². The standard InChI is InChI=1S/C12H13F2N3O3S/c1-7-11(8(2)16-15-7)21(18,19)17-9-4-3-5-10(6-9)20-12(13)14/h3-6,12,17H,1-2H3,(H,15,16). The summed E-state index contributed by atoms with van der Waals surface area (Å²) in [6.45, 7) is 0.148. The fraction of sp³-hybridized carbons (Fsp3) is 0.250. The molecule has 0 fully saturated rings. The lowest BCUT2D eigenvalue weighted by molar-refractivity contribution is -0.0497. The minimum atomic E-state index is -3.86. The molecule has 1 heterocycles. The molecule has 1 aromatic heterocycles. The van der Waals surface area contributed by atoms with Crippen molar-refractivity contribution in [2.24, 2.45) is 0 Å². The van der Waals surface area contributed by atoms with Gasteiger partial charge < -0.3 is 4.74 Å². The summed E-state index contributed by atoms with van der Waals surface area (Å²) in [4.78, 5) is 0.0303. The largest absolute Gasteiger partial charge is 0.435 e. The Morgan fingerprint density at radius 1 is 1.33 bits per heavy atom. The number of nitrogens with zero attached hydrogens (tertiary/aromatic N) is 1. The second-order valence-corrected chi connectivity index (χ2v) is 5.89. The minimum absolute atomic E-state index is 0.0303. The number of aryl methyl sites for hydroxylation is 2. The maximum atomic E-state index is 12.3. The van der Waals surface area contributed by atoms with Gasteiger partial charge in [0.15, 0.2) is 0 Å². The van der Waals surface area contributed by atoms with Gasteiger partial charge in [-0.1, -0.05) is 6.07 Å². The topological polar surface area (TPSA) is 84.1 Å². The Hall–Kier alpha value is -2.16. The van der Waals surface area contributed by atoms with Gasteiger partial charge in [0.05, 0.1) is 17.1 Å². The number of benzene rings is 1. The van der Waals surface area contributed by atoms with Gasteiger partial charge in [-0.2, -0.15) is 13.9 Å². The first-order chi connectivity index (χ1) is 9.79. The van der Waals surface area contributed by atoms with Crippen molar-refractivity contribution >= 4 is 15.7 Å². The molecule has 0 saturated carbocycles. The first-order valence-electron chi connectivity index (χ1n) is 5.89. The normalized spacial score (nSPS) is 11.7. The summed E-state index contributed by atoms with van der Waals surface area (Å²) in [6.07, 6.45) is 0. The highest BCUT2D eigenvalue weighted by Crippen LogP contribution is 2.24. The predicted molar refractivity (Wildman–Crippen MR) is 71.9 cm³/mol. The number of sulfonamides is 1. The quantitative estimate of drug-likeness (QED) is 0.887. The van der Waals surface area contributed by atoms with E-state index in [4.69, 9.17) is 0 Å². The highest BCUT2D eigenvalue weighted by Gasteiger charge is 2.22. The summed E-state index contributed by atoms with van der Waals surface area (Å²) < 4.78 is 55.4. The van der Waals surface area contributed by atoms with Crippen LogP contribution in [0.2, 0.25) is 0 Å². The van der Waals surface area contributed by atoms with E-state index in [0.717, 1.165) is 0 Å². The molecule has 0 aliphatic carbocycles. The number of anilines is 1. The van der Waals surface area contributed by atoms with Crippen molar-refractivity contribution in [3.63, 3.8) is 0 Å². The molecule has 2 N–H and O–H groups in total. The van der Waals surface area contributed by atoms with Crippen molar-refractivity contribution in [3.8, 4) is 5.75 Å². The number of hydrogen-bond donors (Lipinski definition) is 2. The molecule has 0 radical (unpaired) electrons. The van der Waals surface area contributed by atoms with E-state index in [-0.39, 0.29) is 16.3 Å². The number of alkyl halides is 2. The lowest BCUT2D eigenvalue weighted by Gasteiger charge is -2.10. The highest BCUT2D eigenvalue weighted by atomic mass is 32.2. The summed E-state index contributed by atoms with van der Waals surface area (Å²) >= 11 is 0. The summed E-state index contributed by atoms with van der Waals surface area (Å²) in [7, 11) is -3.86. The Morgan fingerprint density at radius 3 is 2.62 bits per heavy atom. The van der Waals surface area contributed by atoms with Crippen molar-refractivity contribution in [2.75, 3.05) is 4.72 Å². The third-order valence-electron chi connectivity index (χ3n) is 2.64. The highest BCUT2D eigenvalue weighted by molar-refractivity contribution is 7.92. The van der Waals surface area contributed by atoms with E-state index >= 15 is 0 Å². The molecule has 0 unspecified atom stereocenters. The van der Waals surface area contributed by atoms with Gasteiger partial charge in [-0.25, -0.2) is 8.42 Å². The van der Waals surface area contributed by atoms with Crippen molar-refractivity contribution in [2.45, 2.75) is 25.4 Å². The van der Waals surface area contributed by atoms with Crippen LogP contribution in [0.3, 0.4) is 0 Å². The molecule has 2 rings (SSSR count). The van der Waals surface area contributed by atoms with Crippen LogP contribution < -0.4 is 9.46 Å². The number of aromatic amines is 1. The van der Waals surface area contributed by atoms with Crippen LogP contribution in [0.4, 0.5) is 14.5 Å². The summed E-state index contributed by atoms with van der Waals surface area (Å²) in [6, 6.07) is 5.32. The molecule has 0 bridgehead atoms. The van der Waals surface area contributed by atoms with Crippen LogP contribution in [0.5, 0.6) is 5.75 Å².